The number of hydrogen-bond acceptors (Lipinski definition) is 4. The minimum absolute atomic E-state index is 0.177. The second-order valence-corrected chi connectivity index (χ2v) is 7.54. The van der Waals surface area contributed by atoms with Crippen LogP contribution in [0.1, 0.15) is 47.7 Å². The van der Waals surface area contributed by atoms with Gasteiger partial charge in [-0.25, -0.2) is 0 Å². The molecular weight excluding hydrogens is 368 g/mol. The number of carbonyl (C=O) groups excluding carboxylic acids is 3. The average molecular weight is 394 g/mol. The van der Waals surface area contributed by atoms with Crippen molar-refractivity contribution in [3.8, 4) is 5.75 Å². The molecule has 1 fully saturated rings. The molecule has 2 N–H and O–H groups in total. The fourth-order valence-corrected chi connectivity index (χ4v) is 3.23. The molecule has 2 aromatic carbocycles. The summed E-state index contributed by atoms with van der Waals surface area (Å²) in [6.45, 7) is 5.07. The predicted octanol–water partition coefficient (Wildman–Crippen LogP) is 2.82. The summed E-state index contributed by atoms with van der Waals surface area (Å²) in [6, 6.07) is 15.1. The van der Waals surface area contributed by atoms with E-state index in [4.69, 9.17) is 4.74 Å². The van der Waals surface area contributed by atoms with Gasteiger partial charge >= 0.3 is 0 Å². The summed E-state index contributed by atoms with van der Waals surface area (Å²) in [7, 11) is 0. The number of rotatable bonds is 8. The lowest BCUT2D eigenvalue weighted by atomic mass is 9.97. The van der Waals surface area contributed by atoms with Gasteiger partial charge in [0.2, 0.25) is 11.8 Å². The molecule has 3 rings (SSSR count). The van der Waals surface area contributed by atoms with Crippen molar-refractivity contribution in [1.82, 2.24) is 10.6 Å². The summed E-state index contributed by atoms with van der Waals surface area (Å²) < 4.78 is 5.66. The Bertz CT molecular complexity index is 873. The first-order valence-corrected chi connectivity index (χ1v) is 9.86. The van der Waals surface area contributed by atoms with Crippen molar-refractivity contribution >= 4 is 17.7 Å². The molecule has 1 unspecified atom stereocenters. The van der Waals surface area contributed by atoms with Gasteiger partial charge in [0.15, 0.2) is 0 Å². The second kappa shape index (κ2) is 9.37. The van der Waals surface area contributed by atoms with E-state index in [2.05, 4.69) is 24.5 Å². The molecule has 1 aliphatic rings. The fourth-order valence-electron chi connectivity index (χ4n) is 3.23. The van der Waals surface area contributed by atoms with Crippen LogP contribution in [-0.4, -0.2) is 30.9 Å². The molecule has 2 aromatic rings. The highest BCUT2D eigenvalue weighted by molar-refractivity contribution is 6.03. The summed E-state index contributed by atoms with van der Waals surface area (Å²) >= 11 is 0. The number of hydrogen-bond donors (Lipinski definition) is 2. The molecule has 0 saturated carbocycles. The number of nitrogens with one attached hydrogen (secondary N) is 2. The van der Waals surface area contributed by atoms with Crippen molar-refractivity contribution in [2.75, 3.05) is 13.2 Å². The molecule has 0 aromatic heterocycles. The van der Waals surface area contributed by atoms with E-state index in [0.717, 1.165) is 11.3 Å². The number of carbonyl (C=O) groups is 3. The Morgan fingerprint density at radius 2 is 1.79 bits per heavy atom. The molecule has 0 bridgehead atoms. The predicted molar refractivity (Wildman–Crippen MR) is 110 cm³/mol. The fraction of sp³-hybridized carbons (Fsp3) is 0.348. The Labute approximate surface area is 170 Å². The normalized spacial score (nSPS) is 16.0. The van der Waals surface area contributed by atoms with Crippen LogP contribution in [0, 0.1) is 5.92 Å². The van der Waals surface area contributed by atoms with Crippen molar-refractivity contribution in [3.63, 3.8) is 0 Å². The summed E-state index contributed by atoms with van der Waals surface area (Å²) in [5, 5.41) is 5.14. The highest BCUT2D eigenvalue weighted by Crippen LogP contribution is 2.19. The van der Waals surface area contributed by atoms with Gasteiger partial charge in [-0.05, 0) is 47.7 Å². The van der Waals surface area contributed by atoms with Crippen LogP contribution in [0.4, 0.5) is 0 Å². The van der Waals surface area contributed by atoms with E-state index in [1.165, 1.54) is 5.56 Å². The van der Waals surface area contributed by atoms with E-state index in [1.807, 2.05) is 36.4 Å². The monoisotopic (exact) mass is 394 g/mol. The zero-order chi connectivity index (χ0) is 20.8. The molecule has 0 aliphatic carbocycles. The molecule has 3 amide bonds. The summed E-state index contributed by atoms with van der Waals surface area (Å²) in [4.78, 5) is 35.2. The van der Waals surface area contributed by atoms with Crippen molar-refractivity contribution in [2.24, 2.45) is 5.92 Å². The molecule has 6 heteroatoms. The largest absolute Gasteiger partial charge is 0.492 e. The molecule has 29 heavy (non-hydrogen) atoms. The van der Waals surface area contributed by atoms with E-state index in [1.54, 1.807) is 12.1 Å². The van der Waals surface area contributed by atoms with Crippen LogP contribution in [0.15, 0.2) is 48.5 Å². The zero-order valence-corrected chi connectivity index (χ0v) is 16.7. The quantitative estimate of drug-likeness (QED) is 0.533. The van der Waals surface area contributed by atoms with E-state index in [0.29, 0.717) is 31.1 Å². The van der Waals surface area contributed by atoms with Gasteiger partial charge in [0, 0.05) is 12.0 Å². The Kier molecular flexibility index (Phi) is 6.65. The lowest BCUT2D eigenvalue weighted by Crippen LogP contribution is -2.28. The van der Waals surface area contributed by atoms with Crippen LogP contribution in [0.2, 0.25) is 0 Å². The van der Waals surface area contributed by atoms with Gasteiger partial charge in [-0.3, -0.25) is 19.7 Å². The molecule has 1 aliphatic heterocycles. The van der Waals surface area contributed by atoms with Crippen molar-refractivity contribution in [3.05, 3.63) is 65.2 Å². The second-order valence-electron chi connectivity index (χ2n) is 7.54. The van der Waals surface area contributed by atoms with Crippen LogP contribution in [0.25, 0.3) is 0 Å². The maximum absolute atomic E-state index is 12.3. The van der Waals surface area contributed by atoms with Crippen molar-refractivity contribution < 1.29 is 19.1 Å². The van der Waals surface area contributed by atoms with Crippen LogP contribution in [0.3, 0.4) is 0 Å². The van der Waals surface area contributed by atoms with E-state index < -0.39 is 0 Å². The molecule has 1 saturated heterocycles. The van der Waals surface area contributed by atoms with E-state index in [-0.39, 0.29) is 30.1 Å². The van der Waals surface area contributed by atoms with Crippen molar-refractivity contribution in [1.29, 1.82) is 0 Å². The molecular formula is C23H26N2O4. The molecule has 0 spiro atoms. The Morgan fingerprint density at radius 1 is 1.10 bits per heavy atom. The molecule has 152 valence electrons. The first-order chi connectivity index (χ1) is 13.9. The van der Waals surface area contributed by atoms with Crippen molar-refractivity contribution in [2.45, 2.75) is 32.6 Å². The van der Waals surface area contributed by atoms with Gasteiger partial charge in [0.25, 0.3) is 5.91 Å². The van der Waals surface area contributed by atoms with Crippen LogP contribution in [0.5, 0.6) is 5.75 Å². The zero-order valence-electron chi connectivity index (χ0n) is 16.7. The van der Waals surface area contributed by atoms with Crippen LogP contribution >= 0.6 is 0 Å². The first-order valence-electron chi connectivity index (χ1n) is 9.86. The van der Waals surface area contributed by atoms with Gasteiger partial charge < -0.3 is 10.1 Å². The van der Waals surface area contributed by atoms with Gasteiger partial charge in [-0.15, -0.1) is 0 Å². The van der Waals surface area contributed by atoms with Gasteiger partial charge in [0.05, 0.1) is 12.5 Å². The van der Waals surface area contributed by atoms with Crippen LogP contribution < -0.4 is 15.4 Å². The standard InChI is InChI=1S/C23H26N2O4/c1-15(2)17-7-9-20(10-8-17)29-12-11-24-22(27)18-5-3-16(4-6-18)13-19-14-21(26)25-23(19)28/h3-10,15,19H,11-14H2,1-2H3,(H,24,27)(H,25,26,28). The third-order valence-corrected chi connectivity index (χ3v) is 4.97. The van der Waals surface area contributed by atoms with Gasteiger partial charge in [-0.1, -0.05) is 38.1 Å². The third kappa shape index (κ3) is 5.67. The first kappa shape index (κ1) is 20.6. The number of amides is 3. The Hall–Kier alpha value is -3.15. The highest BCUT2D eigenvalue weighted by atomic mass is 16.5. The number of imide groups is 1. The smallest absolute Gasteiger partial charge is 0.251 e. The maximum Gasteiger partial charge on any atom is 0.251 e. The Morgan fingerprint density at radius 3 is 2.38 bits per heavy atom. The highest BCUT2D eigenvalue weighted by Gasteiger charge is 2.30. The summed E-state index contributed by atoms with van der Waals surface area (Å²) in [5.74, 6) is 0.303. The summed E-state index contributed by atoms with van der Waals surface area (Å²) in [5.41, 5.74) is 2.72. The average Bonchev–Trinajstić information content (AvgIpc) is 3.02. The van der Waals surface area contributed by atoms with E-state index in [9.17, 15) is 14.4 Å². The molecule has 1 atom stereocenters. The number of ether oxygens (including phenoxy) is 1. The van der Waals surface area contributed by atoms with E-state index >= 15 is 0 Å². The molecule has 6 nitrogen and oxygen atoms in total. The lowest BCUT2D eigenvalue weighted by molar-refractivity contribution is -0.125. The van der Waals surface area contributed by atoms with Crippen LogP contribution in [-0.2, 0) is 16.0 Å². The number of benzene rings is 2. The lowest BCUT2D eigenvalue weighted by Gasteiger charge is -2.10. The minimum Gasteiger partial charge on any atom is -0.492 e. The Balaban J connectivity index is 1.42. The maximum atomic E-state index is 12.3. The minimum atomic E-state index is -0.325. The molecule has 0 radical (unpaired) electrons. The topological polar surface area (TPSA) is 84.5 Å². The molecule has 1 heterocycles. The van der Waals surface area contributed by atoms with Gasteiger partial charge in [0.1, 0.15) is 12.4 Å². The third-order valence-electron chi connectivity index (χ3n) is 4.97. The van der Waals surface area contributed by atoms with Gasteiger partial charge in [-0.2, -0.15) is 0 Å². The SMILES string of the molecule is CC(C)c1ccc(OCCNC(=O)c2ccc(CC3CC(=O)NC3=O)cc2)cc1. The summed E-state index contributed by atoms with van der Waals surface area (Å²) in [6.07, 6.45) is 0.712.